The van der Waals surface area contributed by atoms with E-state index in [9.17, 15) is 5.11 Å². The van der Waals surface area contributed by atoms with Gasteiger partial charge in [-0.15, -0.1) is 0 Å². The monoisotopic (exact) mass is 283 g/mol. The number of para-hydroxylation sites is 2. The number of hydrogen-bond acceptors (Lipinski definition) is 3. The van der Waals surface area contributed by atoms with Crippen LogP contribution in [0.2, 0.25) is 0 Å². The molecule has 0 bridgehead atoms. The number of rotatable bonds is 3. The minimum absolute atomic E-state index is 0.357. The zero-order valence-electron chi connectivity index (χ0n) is 12.5. The highest BCUT2D eigenvalue weighted by atomic mass is 16.5. The number of aliphatic hydroxyl groups is 1. The Morgan fingerprint density at radius 2 is 2.05 bits per heavy atom. The summed E-state index contributed by atoms with van der Waals surface area (Å²) in [5.41, 5.74) is 3.06. The number of likely N-dealkylation sites (N-methyl/N-ethyl adjacent to an activating group) is 1. The van der Waals surface area contributed by atoms with Crippen molar-refractivity contribution in [3.63, 3.8) is 0 Å². The molecule has 0 amide bonds. The van der Waals surface area contributed by atoms with Crippen LogP contribution in [0.4, 0.5) is 0 Å². The van der Waals surface area contributed by atoms with Crippen LogP contribution in [0.1, 0.15) is 29.7 Å². The van der Waals surface area contributed by atoms with Gasteiger partial charge in [0.25, 0.3) is 0 Å². The summed E-state index contributed by atoms with van der Waals surface area (Å²) in [4.78, 5) is 0. The molecular weight excluding hydrogens is 262 g/mol. The Hall–Kier alpha value is -1.84. The van der Waals surface area contributed by atoms with Crippen molar-refractivity contribution in [2.75, 3.05) is 7.05 Å². The second-order valence-corrected chi connectivity index (χ2v) is 5.66. The summed E-state index contributed by atoms with van der Waals surface area (Å²) >= 11 is 0. The standard InChI is InChI=1S/C18H21NO2/c1-12(19-2)10-14-7-5-8-15-16(20)11-13-6-3-4-9-17(13)21-18(14)15/h3-9,12,16,19-20H,10-11H2,1-2H3. The van der Waals surface area contributed by atoms with Crippen molar-refractivity contribution in [1.82, 2.24) is 5.32 Å². The lowest BCUT2D eigenvalue weighted by molar-refractivity contribution is 0.178. The van der Waals surface area contributed by atoms with Crippen LogP contribution in [0.5, 0.6) is 11.5 Å². The summed E-state index contributed by atoms with van der Waals surface area (Å²) in [6.45, 7) is 2.14. The van der Waals surface area contributed by atoms with E-state index in [4.69, 9.17) is 4.74 Å². The summed E-state index contributed by atoms with van der Waals surface area (Å²) in [5.74, 6) is 1.66. The maximum absolute atomic E-state index is 10.5. The molecule has 3 nitrogen and oxygen atoms in total. The number of hydrogen-bond donors (Lipinski definition) is 2. The molecule has 1 heterocycles. The fourth-order valence-electron chi connectivity index (χ4n) is 2.78. The van der Waals surface area contributed by atoms with Crippen LogP contribution in [-0.4, -0.2) is 18.2 Å². The number of benzene rings is 2. The third-order valence-electron chi connectivity index (χ3n) is 4.10. The molecule has 0 fully saturated rings. The van der Waals surface area contributed by atoms with E-state index in [1.54, 1.807) is 0 Å². The minimum Gasteiger partial charge on any atom is -0.456 e. The third-order valence-corrected chi connectivity index (χ3v) is 4.10. The van der Waals surface area contributed by atoms with E-state index in [1.165, 1.54) is 0 Å². The van der Waals surface area contributed by atoms with Crippen molar-refractivity contribution < 1.29 is 9.84 Å². The van der Waals surface area contributed by atoms with Crippen molar-refractivity contribution in [2.24, 2.45) is 0 Å². The van der Waals surface area contributed by atoms with Gasteiger partial charge in [-0.2, -0.15) is 0 Å². The van der Waals surface area contributed by atoms with Crippen LogP contribution in [0, 0.1) is 0 Å². The number of fused-ring (bicyclic) bond motifs is 2. The van der Waals surface area contributed by atoms with Gasteiger partial charge in [0.1, 0.15) is 11.5 Å². The minimum atomic E-state index is -0.520. The molecule has 3 rings (SSSR count). The molecule has 0 spiro atoms. The van der Waals surface area contributed by atoms with E-state index < -0.39 is 6.10 Å². The molecule has 2 aromatic carbocycles. The van der Waals surface area contributed by atoms with Gasteiger partial charge in [0.15, 0.2) is 0 Å². The molecule has 2 atom stereocenters. The fourth-order valence-corrected chi connectivity index (χ4v) is 2.78. The van der Waals surface area contributed by atoms with Crippen LogP contribution in [0.3, 0.4) is 0 Å². The predicted molar refractivity (Wildman–Crippen MR) is 83.8 cm³/mol. The van der Waals surface area contributed by atoms with Gasteiger partial charge in [-0.1, -0.05) is 36.4 Å². The predicted octanol–water partition coefficient (Wildman–Crippen LogP) is 3.22. The zero-order valence-corrected chi connectivity index (χ0v) is 12.5. The Bertz CT molecular complexity index is 639. The first-order valence-corrected chi connectivity index (χ1v) is 7.42. The summed E-state index contributed by atoms with van der Waals surface area (Å²) < 4.78 is 6.16. The van der Waals surface area contributed by atoms with Crippen LogP contribution < -0.4 is 10.1 Å². The van der Waals surface area contributed by atoms with Gasteiger partial charge in [0, 0.05) is 18.0 Å². The Morgan fingerprint density at radius 1 is 1.24 bits per heavy atom. The van der Waals surface area contributed by atoms with Gasteiger partial charge < -0.3 is 15.2 Å². The maximum atomic E-state index is 10.5. The first-order valence-electron chi connectivity index (χ1n) is 7.42. The molecule has 0 aromatic heterocycles. The summed E-state index contributed by atoms with van der Waals surface area (Å²) in [6, 6.07) is 14.3. The first-order chi connectivity index (χ1) is 10.2. The van der Waals surface area contributed by atoms with Crippen molar-refractivity contribution >= 4 is 0 Å². The molecule has 0 saturated carbocycles. The van der Waals surface area contributed by atoms with Gasteiger partial charge in [-0.05, 0) is 37.6 Å². The molecule has 2 N–H and O–H groups in total. The normalized spacial score (nSPS) is 18.1. The third kappa shape index (κ3) is 2.80. The lowest BCUT2D eigenvalue weighted by Gasteiger charge is -2.17. The second kappa shape index (κ2) is 5.88. The van der Waals surface area contributed by atoms with E-state index >= 15 is 0 Å². The smallest absolute Gasteiger partial charge is 0.136 e. The molecule has 0 radical (unpaired) electrons. The van der Waals surface area contributed by atoms with Crippen LogP contribution in [-0.2, 0) is 12.8 Å². The van der Waals surface area contributed by atoms with Gasteiger partial charge in [0.05, 0.1) is 6.10 Å². The first kappa shape index (κ1) is 14.1. The molecule has 0 aliphatic carbocycles. The Morgan fingerprint density at radius 3 is 2.86 bits per heavy atom. The van der Waals surface area contributed by atoms with E-state index in [1.807, 2.05) is 43.4 Å². The number of aliphatic hydroxyl groups excluding tert-OH is 1. The molecule has 0 saturated heterocycles. The second-order valence-electron chi connectivity index (χ2n) is 5.66. The molecule has 2 aromatic rings. The number of nitrogens with one attached hydrogen (secondary N) is 1. The zero-order chi connectivity index (χ0) is 14.8. The molecule has 3 heteroatoms. The van der Waals surface area contributed by atoms with Gasteiger partial charge in [-0.25, -0.2) is 0 Å². The van der Waals surface area contributed by atoms with Crippen LogP contribution in [0.25, 0.3) is 0 Å². The van der Waals surface area contributed by atoms with E-state index in [2.05, 4.69) is 18.3 Å². The molecular formula is C18H21NO2. The number of ether oxygens (including phenoxy) is 1. The largest absolute Gasteiger partial charge is 0.456 e. The summed E-state index contributed by atoms with van der Waals surface area (Å²) in [6.07, 6.45) is 0.941. The van der Waals surface area contributed by atoms with E-state index in [-0.39, 0.29) is 0 Å². The molecule has 21 heavy (non-hydrogen) atoms. The molecule has 2 unspecified atom stereocenters. The molecule has 1 aliphatic rings. The van der Waals surface area contributed by atoms with Gasteiger partial charge in [0.2, 0.25) is 0 Å². The summed E-state index contributed by atoms with van der Waals surface area (Å²) in [5, 5.41) is 13.8. The van der Waals surface area contributed by atoms with Crippen molar-refractivity contribution in [3.05, 3.63) is 59.2 Å². The van der Waals surface area contributed by atoms with E-state index in [0.717, 1.165) is 34.6 Å². The SMILES string of the molecule is CNC(C)Cc1cccc2c1Oc1ccccc1CC2O. The average Bonchev–Trinajstić information content (AvgIpc) is 2.64. The summed E-state index contributed by atoms with van der Waals surface area (Å²) in [7, 11) is 1.96. The molecule has 110 valence electrons. The van der Waals surface area contributed by atoms with Crippen molar-refractivity contribution in [3.8, 4) is 11.5 Å². The average molecular weight is 283 g/mol. The van der Waals surface area contributed by atoms with Crippen LogP contribution >= 0.6 is 0 Å². The highest BCUT2D eigenvalue weighted by Crippen LogP contribution is 2.40. The highest BCUT2D eigenvalue weighted by Gasteiger charge is 2.23. The quantitative estimate of drug-likeness (QED) is 0.909. The van der Waals surface area contributed by atoms with Crippen molar-refractivity contribution in [2.45, 2.75) is 31.9 Å². The highest BCUT2D eigenvalue weighted by molar-refractivity contribution is 5.50. The lowest BCUT2D eigenvalue weighted by atomic mass is 9.97. The van der Waals surface area contributed by atoms with Crippen LogP contribution in [0.15, 0.2) is 42.5 Å². The lowest BCUT2D eigenvalue weighted by Crippen LogP contribution is -2.23. The van der Waals surface area contributed by atoms with Gasteiger partial charge >= 0.3 is 0 Å². The Balaban J connectivity index is 2.05. The van der Waals surface area contributed by atoms with E-state index in [0.29, 0.717) is 12.5 Å². The Kier molecular flexibility index (Phi) is 3.95. The Labute approximate surface area is 125 Å². The van der Waals surface area contributed by atoms with Gasteiger partial charge in [-0.3, -0.25) is 0 Å². The topological polar surface area (TPSA) is 41.5 Å². The molecule has 1 aliphatic heterocycles. The maximum Gasteiger partial charge on any atom is 0.136 e. The fraction of sp³-hybridized carbons (Fsp3) is 0.333. The van der Waals surface area contributed by atoms with Crippen molar-refractivity contribution in [1.29, 1.82) is 0 Å².